The summed E-state index contributed by atoms with van der Waals surface area (Å²) in [4.78, 5) is 8.76. The molecule has 0 saturated heterocycles. The van der Waals surface area contributed by atoms with Gasteiger partial charge in [-0.1, -0.05) is 12.1 Å². The summed E-state index contributed by atoms with van der Waals surface area (Å²) in [6, 6.07) is 10.2. The van der Waals surface area contributed by atoms with Gasteiger partial charge in [-0.05, 0) is 35.4 Å². The molecule has 9 heteroatoms. The van der Waals surface area contributed by atoms with Crippen LogP contribution in [0.2, 0.25) is 5.28 Å². The van der Waals surface area contributed by atoms with Crippen LogP contribution in [0.25, 0.3) is 10.9 Å². The van der Waals surface area contributed by atoms with E-state index >= 15 is 0 Å². The zero-order valence-electron chi connectivity index (χ0n) is 15.0. The lowest BCUT2D eigenvalue weighted by atomic mass is 10.2. The van der Waals surface area contributed by atoms with E-state index < -0.39 is 9.84 Å². The summed E-state index contributed by atoms with van der Waals surface area (Å²) in [7, 11) is -0.120. The number of aromatic nitrogens is 2. The van der Waals surface area contributed by atoms with E-state index in [2.05, 4.69) is 15.3 Å². The molecule has 0 unspecified atom stereocenters. The summed E-state index contributed by atoms with van der Waals surface area (Å²) in [5, 5.41) is 4.04. The molecule has 0 saturated carbocycles. The first-order valence-corrected chi connectivity index (χ1v) is 10.2. The fourth-order valence-electron chi connectivity index (χ4n) is 2.60. The Kier molecular flexibility index (Phi) is 5.38. The highest BCUT2D eigenvalue weighted by Gasteiger charge is 2.13. The Morgan fingerprint density at radius 2 is 1.67 bits per heavy atom. The van der Waals surface area contributed by atoms with Crippen molar-refractivity contribution in [3.8, 4) is 11.5 Å². The molecule has 3 rings (SSSR count). The third-order valence-corrected chi connectivity index (χ3v) is 5.28. The van der Waals surface area contributed by atoms with Crippen LogP contribution in [0.4, 0.5) is 5.82 Å². The standard InChI is InChI=1S/C18H18ClN3O4S/c1-25-15-8-13-14(9-16(15)26-2)21-18(19)22-17(13)20-10-11-4-6-12(7-5-11)27(3,23)24/h4-9H,10H2,1-3H3,(H,20,21,22). The number of sulfone groups is 1. The van der Waals surface area contributed by atoms with E-state index in [1.165, 1.54) is 6.26 Å². The average molecular weight is 408 g/mol. The molecule has 0 radical (unpaired) electrons. The first kappa shape index (κ1) is 19.2. The van der Waals surface area contributed by atoms with Crippen LogP contribution < -0.4 is 14.8 Å². The fourth-order valence-corrected chi connectivity index (χ4v) is 3.41. The topological polar surface area (TPSA) is 90.4 Å². The molecule has 2 aromatic carbocycles. The van der Waals surface area contributed by atoms with Crippen LogP contribution in [0.15, 0.2) is 41.3 Å². The molecule has 0 bridgehead atoms. The molecule has 7 nitrogen and oxygen atoms in total. The molecule has 1 heterocycles. The van der Waals surface area contributed by atoms with Crippen LogP contribution >= 0.6 is 11.6 Å². The number of anilines is 1. The number of rotatable bonds is 6. The van der Waals surface area contributed by atoms with Gasteiger partial charge in [0, 0.05) is 24.3 Å². The van der Waals surface area contributed by atoms with Crippen molar-refractivity contribution >= 4 is 38.2 Å². The fraction of sp³-hybridized carbons (Fsp3) is 0.222. The summed E-state index contributed by atoms with van der Waals surface area (Å²) >= 11 is 6.04. The Balaban J connectivity index is 1.92. The molecule has 0 aliphatic rings. The lowest BCUT2D eigenvalue weighted by Gasteiger charge is -2.13. The van der Waals surface area contributed by atoms with Gasteiger partial charge in [0.25, 0.3) is 0 Å². The van der Waals surface area contributed by atoms with Gasteiger partial charge < -0.3 is 14.8 Å². The van der Waals surface area contributed by atoms with Crippen LogP contribution in [-0.4, -0.2) is 38.9 Å². The monoisotopic (exact) mass is 407 g/mol. The maximum Gasteiger partial charge on any atom is 0.224 e. The maximum atomic E-state index is 11.6. The Labute approximate surface area is 162 Å². The van der Waals surface area contributed by atoms with Crippen molar-refractivity contribution in [2.45, 2.75) is 11.4 Å². The number of ether oxygens (including phenoxy) is 2. The Morgan fingerprint density at radius 3 is 2.26 bits per heavy atom. The van der Waals surface area contributed by atoms with Gasteiger partial charge in [-0.3, -0.25) is 0 Å². The summed E-state index contributed by atoms with van der Waals surface area (Å²) in [6.45, 7) is 0.431. The summed E-state index contributed by atoms with van der Waals surface area (Å²) in [5.74, 6) is 1.64. The summed E-state index contributed by atoms with van der Waals surface area (Å²) < 4.78 is 33.7. The lowest BCUT2D eigenvalue weighted by Crippen LogP contribution is -2.04. The Morgan fingerprint density at radius 1 is 1.04 bits per heavy atom. The van der Waals surface area contributed by atoms with Crippen LogP contribution in [0.5, 0.6) is 11.5 Å². The SMILES string of the molecule is COc1cc2nc(Cl)nc(NCc3ccc(S(C)(=O)=O)cc3)c2cc1OC. The molecule has 1 aromatic heterocycles. The molecule has 0 aliphatic heterocycles. The van der Waals surface area contributed by atoms with E-state index in [-0.39, 0.29) is 10.2 Å². The molecule has 1 N–H and O–H groups in total. The second-order valence-electron chi connectivity index (χ2n) is 5.84. The van der Waals surface area contributed by atoms with E-state index in [1.54, 1.807) is 50.6 Å². The number of hydrogen-bond donors (Lipinski definition) is 1. The number of hydrogen-bond acceptors (Lipinski definition) is 7. The molecule has 27 heavy (non-hydrogen) atoms. The minimum Gasteiger partial charge on any atom is -0.493 e. The molecule has 0 amide bonds. The molecule has 0 spiro atoms. The second-order valence-corrected chi connectivity index (χ2v) is 8.19. The van der Waals surface area contributed by atoms with Crippen LogP contribution in [-0.2, 0) is 16.4 Å². The number of benzene rings is 2. The van der Waals surface area contributed by atoms with Crippen molar-refractivity contribution in [3.63, 3.8) is 0 Å². The number of halogens is 1. The van der Waals surface area contributed by atoms with Gasteiger partial charge >= 0.3 is 0 Å². The van der Waals surface area contributed by atoms with Crippen molar-refractivity contribution < 1.29 is 17.9 Å². The summed E-state index contributed by atoms with van der Waals surface area (Å²) in [5.41, 5.74) is 1.51. The molecule has 0 fully saturated rings. The van der Waals surface area contributed by atoms with E-state index in [9.17, 15) is 8.42 Å². The normalized spacial score (nSPS) is 11.4. The highest BCUT2D eigenvalue weighted by molar-refractivity contribution is 7.90. The first-order valence-electron chi connectivity index (χ1n) is 7.94. The zero-order valence-corrected chi connectivity index (χ0v) is 16.6. The Bertz CT molecular complexity index is 1090. The van der Waals surface area contributed by atoms with Crippen LogP contribution in [0.1, 0.15) is 5.56 Å². The highest BCUT2D eigenvalue weighted by atomic mass is 35.5. The van der Waals surface area contributed by atoms with Gasteiger partial charge in [0.15, 0.2) is 21.3 Å². The molecular formula is C18H18ClN3O4S. The van der Waals surface area contributed by atoms with Gasteiger partial charge in [0.05, 0.1) is 24.6 Å². The van der Waals surface area contributed by atoms with Crippen molar-refractivity contribution in [1.82, 2.24) is 9.97 Å². The third kappa shape index (κ3) is 4.23. The smallest absolute Gasteiger partial charge is 0.224 e. The van der Waals surface area contributed by atoms with Crippen molar-refractivity contribution in [2.24, 2.45) is 0 Å². The minimum absolute atomic E-state index is 0.102. The van der Waals surface area contributed by atoms with Crippen LogP contribution in [0, 0.1) is 0 Å². The average Bonchev–Trinajstić information content (AvgIpc) is 2.64. The number of fused-ring (bicyclic) bond motifs is 1. The highest BCUT2D eigenvalue weighted by Crippen LogP contribution is 2.34. The van der Waals surface area contributed by atoms with E-state index in [1.807, 2.05) is 0 Å². The molecule has 0 aliphatic carbocycles. The van der Waals surface area contributed by atoms with Crippen molar-refractivity contribution in [1.29, 1.82) is 0 Å². The van der Waals surface area contributed by atoms with Crippen LogP contribution in [0.3, 0.4) is 0 Å². The van der Waals surface area contributed by atoms with Gasteiger partial charge in [-0.15, -0.1) is 0 Å². The lowest BCUT2D eigenvalue weighted by molar-refractivity contribution is 0.356. The Hall–Kier alpha value is -2.58. The quantitative estimate of drug-likeness (QED) is 0.627. The van der Waals surface area contributed by atoms with Gasteiger partial charge in [0.2, 0.25) is 5.28 Å². The molecule has 142 valence electrons. The second kappa shape index (κ2) is 7.58. The number of methoxy groups -OCH3 is 2. The molecule has 3 aromatic rings. The van der Waals surface area contributed by atoms with Gasteiger partial charge in [0.1, 0.15) is 5.82 Å². The molecular weight excluding hydrogens is 390 g/mol. The third-order valence-electron chi connectivity index (χ3n) is 3.99. The van der Waals surface area contributed by atoms with E-state index in [0.29, 0.717) is 29.4 Å². The van der Waals surface area contributed by atoms with Gasteiger partial charge in [-0.25, -0.2) is 18.4 Å². The predicted octanol–water partition coefficient (Wildman–Crippen LogP) is 3.32. The van der Waals surface area contributed by atoms with Gasteiger partial charge in [-0.2, -0.15) is 0 Å². The minimum atomic E-state index is -3.22. The van der Waals surface area contributed by atoms with Crippen molar-refractivity contribution in [3.05, 3.63) is 47.2 Å². The summed E-state index contributed by atoms with van der Waals surface area (Å²) in [6.07, 6.45) is 1.18. The predicted molar refractivity (Wildman–Crippen MR) is 105 cm³/mol. The maximum absolute atomic E-state index is 11.6. The number of nitrogens with one attached hydrogen (secondary N) is 1. The molecule has 0 atom stereocenters. The van der Waals surface area contributed by atoms with Crippen molar-refractivity contribution in [2.75, 3.05) is 25.8 Å². The first-order chi connectivity index (χ1) is 12.8. The zero-order chi connectivity index (χ0) is 19.6. The largest absolute Gasteiger partial charge is 0.493 e. The van der Waals surface area contributed by atoms with E-state index in [4.69, 9.17) is 21.1 Å². The number of nitrogens with zero attached hydrogens (tertiary/aromatic N) is 2. The van der Waals surface area contributed by atoms with E-state index in [0.717, 1.165) is 10.9 Å².